The standard InChI is InChI=1S/C25H32N4O3/c1-16-21(14-23(30)28-20-10-11-20)17(2)27-25(26-16)19-8-6-12-29(15-19)24(31)13-18-7-4-5-9-22(18)32-3/h4-5,7,9,19-20H,6,8,10-15H2,1-3H3,(H,28,30)/t19-/m1/s1. The van der Waals surface area contributed by atoms with E-state index in [0.29, 0.717) is 25.4 Å². The molecular weight excluding hydrogens is 404 g/mol. The van der Waals surface area contributed by atoms with Crippen LogP contribution in [0.4, 0.5) is 0 Å². The number of aryl methyl sites for hydroxylation is 2. The lowest BCUT2D eigenvalue weighted by Gasteiger charge is -2.32. The summed E-state index contributed by atoms with van der Waals surface area (Å²) < 4.78 is 5.39. The molecule has 170 valence electrons. The van der Waals surface area contributed by atoms with Gasteiger partial charge >= 0.3 is 0 Å². The Hall–Kier alpha value is -2.96. The van der Waals surface area contributed by atoms with Gasteiger partial charge in [0, 0.05) is 47.6 Å². The molecule has 1 aromatic carbocycles. The lowest BCUT2D eigenvalue weighted by molar-refractivity contribution is -0.131. The number of piperidine rings is 1. The average molecular weight is 437 g/mol. The normalized spacial score (nSPS) is 18.3. The third-order valence-electron chi connectivity index (χ3n) is 6.39. The van der Waals surface area contributed by atoms with E-state index in [0.717, 1.165) is 66.3 Å². The largest absolute Gasteiger partial charge is 0.496 e. The molecule has 2 aromatic rings. The quantitative estimate of drug-likeness (QED) is 0.722. The molecule has 0 bridgehead atoms. The van der Waals surface area contributed by atoms with E-state index in [9.17, 15) is 9.59 Å². The fourth-order valence-electron chi connectivity index (χ4n) is 4.41. The van der Waals surface area contributed by atoms with Crippen molar-refractivity contribution < 1.29 is 14.3 Å². The third-order valence-corrected chi connectivity index (χ3v) is 6.39. The van der Waals surface area contributed by atoms with E-state index in [2.05, 4.69) is 5.32 Å². The van der Waals surface area contributed by atoms with Gasteiger partial charge in [-0.3, -0.25) is 9.59 Å². The number of likely N-dealkylation sites (tertiary alicyclic amines) is 1. The van der Waals surface area contributed by atoms with E-state index in [1.165, 1.54) is 0 Å². The molecule has 2 amide bonds. The zero-order valence-electron chi connectivity index (χ0n) is 19.2. The molecule has 7 nitrogen and oxygen atoms in total. The summed E-state index contributed by atoms with van der Waals surface area (Å²) in [5.41, 5.74) is 3.53. The summed E-state index contributed by atoms with van der Waals surface area (Å²) in [7, 11) is 1.63. The second kappa shape index (κ2) is 9.67. The Bertz CT molecular complexity index is 979. The first-order chi connectivity index (χ1) is 15.4. The number of carbonyl (C=O) groups is 2. The molecule has 0 unspecified atom stereocenters. The summed E-state index contributed by atoms with van der Waals surface area (Å²) in [6.07, 6.45) is 4.68. The first-order valence-electron chi connectivity index (χ1n) is 11.5. The molecule has 2 aliphatic rings. The van der Waals surface area contributed by atoms with E-state index in [4.69, 9.17) is 14.7 Å². The molecule has 2 heterocycles. The average Bonchev–Trinajstić information content (AvgIpc) is 3.60. The zero-order valence-corrected chi connectivity index (χ0v) is 19.2. The number of para-hydroxylation sites is 1. The molecule has 0 radical (unpaired) electrons. The smallest absolute Gasteiger partial charge is 0.227 e. The van der Waals surface area contributed by atoms with Crippen molar-refractivity contribution in [3.05, 3.63) is 52.6 Å². The van der Waals surface area contributed by atoms with Gasteiger partial charge in [0.15, 0.2) is 0 Å². The van der Waals surface area contributed by atoms with Crippen LogP contribution in [0.5, 0.6) is 5.75 Å². The number of amides is 2. The number of aromatic nitrogens is 2. The summed E-state index contributed by atoms with van der Waals surface area (Å²) in [6, 6.07) is 8.01. The van der Waals surface area contributed by atoms with Gasteiger partial charge in [0.25, 0.3) is 0 Å². The van der Waals surface area contributed by atoms with Crippen LogP contribution < -0.4 is 10.1 Å². The first-order valence-corrected chi connectivity index (χ1v) is 11.5. The Kier molecular flexibility index (Phi) is 6.72. The molecule has 4 rings (SSSR count). The fourth-order valence-corrected chi connectivity index (χ4v) is 4.41. The lowest BCUT2D eigenvalue weighted by atomic mass is 9.95. The van der Waals surface area contributed by atoms with E-state index in [1.807, 2.05) is 43.0 Å². The molecule has 1 saturated carbocycles. The van der Waals surface area contributed by atoms with Crippen LogP contribution in [0.25, 0.3) is 0 Å². The number of ether oxygens (including phenoxy) is 1. The second-order valence-corrected chi connectivity index (χ2v) is 8.92. The highest BCUT2D eigenvalue weighted by atomic mass is 16.5. The Morgan fingerprint density at radius 3 is 2.50 bits per heavy atom. The van der Waals surface area contributed by atoms with Crippen molar-refractivity contribution in [1.29, 1.82) is 0 Å². The number of nitrogens with one attached hydrogen (secondary N) is 1. The van der Waals surface area contributed by atoms with Crippen molar-refractivity contribution in [2.24, 2.45) is 0 Å². The molecular formula is C25H32N4O3. The van der Waals surface area contributed by atoms with Gasteiger partial charge in [0.2, 0.25) is 11.8 Å². The molecule has 1 aliphatic carbocycles. The minimum atomic E-state index is 0.0424. The van der Waals surface area contributed by atoms with Crippen LogP contribution in [0.15, 0.2) is 24.3 Å². The van der Waals surface area contributed by atoms with Crippen LogP contribution in [0, 0.1) is 13.8 Å². The van der Waals surface area contributed by atoms with Gasteiger partial charge in [-0.25, -0.2) is 9.97 Å². The molecule has 32 heavy (non-hydrogen) atoms. The van der Waals surface area contributed by atoms with Crippen molar-refractivity contribution in [1.82, 2.24) is 20.2 Å². The maximum atomic E-state index is 13.0. The van der Waals surface area contributed by atoms with Gasteiger partial charge in [-0.05, 0) is 45.6 Å². The maximum absolute atomic E-state index is 13.0. The minimum Gasteiger partial charge on any atom is -0.496 e. The SMILES string of the molecule is COc1ccccc1CC(=O)N1CCC[C@@H](c2nc(C)c(CC(=O)NC3CC3)c(C)n2)C1. The number of rotatable bonds is 7. The molecule has 1 saturated heterocycles. The number of hydrogen-bond acceptors (Lipinski definition) is 5. The number of benzene rings is 1. The second-order valence-electron chi connectivity index (χ2n) is 8.92. The van der Waals surface area contributed by atoms with Crippen molar-refractivity contribution in [2.75, 3.05) is 20.2 Å². The maximum Gasteiger partial charge on any atom is 0.227 e. The Morgan fingerprint density at radius 1 is 1.09 bits per heavy atom. The fraction of sp³-hybridized carbons (Fsp3) is 0.520. The number of nitrogens with zero attached hydrogens (tertiary/aromatic N) is 3. The number of hydrogen-bond donors (Lipinski definition) is 1. The zero-order chi connectivity index (χ0) is 22.7. The van der Waals surface area contributed by atoms with Crippen molar-refractivity contribution in [3.8, 4) is 5.75 Å². The monoisotopic (exact) mass is 436 g/mol. The molecule has 0 spiro atoms. The van der Waals surface area contributed by atoms with Gasteiger partial charge in [0.1, 0.15) is 11.6 Å². The van der Waals surface area contributed by atoms with Crippen LogP contribution in [0.3, 0.4) is 0 Å². The summed E-state index contributed by atoms with van der Waals surface area (Å²) in [5.74, 6) is 1.77. The Balaban J connectivity index is 1.43. The van der Waals surface area contributed by atoms with Crippen molar-refractivity contribution >= 4 is 11.8 Å². The van der Waals surface area contributed by atoms with Gasteiger partial charge in [-0.1, -0.05) is 18.2 Å². The van der Waals surface area contributed by atoms with Crippen molar-refractivity contribution in [2.45, 2.75) is 64.3 Å². The van der Waals surface area contributed by atoms with Crippen molar-refractivity contribution in [3.63, 3.8) is 0 Å². The molecule has 1 aromatic heterocycles. The van der Waals surface area contributed by atoms with Crippen LogP contribution in [0.1, 0.15) is 59.9 Å². The predicted octanol–water partition coefficient (Wildman–Crippen LogP) is 2.87. The van der Waals surface area contributed by atoms with Crippen LogP contribution in [-0.4, -0.2) is 52.9 Å². The highest BCUT2D eigenvalue weighted by Gasteiger charge is 2.28. The summed E-state index contributed by atoms with van der Waals surface area (Å²) >= 11 is 0. The van der Waals surface area contributed by atoms with E-state index in [1.54, 1.807) is 7.11 Å². The van der Waals surface area contributed by atoms with Gasteiger partial charge < -0.3 is 15.0 Å². The number of methoxy groups -OCH3 is 1. The molecule has 1 N–H and O–H groups in total. The third kappa shape index (κ3) is 5.26. The van der Waals surface area contributed by atoms with E-state index < -0.39 is 0 Å². The van der Waals surface area contributed by atoms with Crippen LogP contribution in [-0.2, 0) is 22.4 Å². The summed E-state index contributed by atoms with van der Waals surface area (Å²) in [6.45, 7) is 5.27. The molecule has 7 heteroatoms. The highest BCUT2D eigenvalue weighted by Crippen LogP contribution is 2.27. The van der Waals surface area contributed by atoms with E-state index in [-0.39, 0.29) is 17.7 Å². The van der Waals surface area contributed by atoms with Crippen LogP contribution >= 0.6 is 0 Å². The van der Waals surface area contributed by atoms with Gasteiger partial charge in [0.05, 0.1) is 20.0 Å². The number of carbonyl (C=O) groups excluding carboxylic acids is 2. The van der Waals surface area contributed by atoms with Crippen LogP contribution in [0.2, 0.25) is 0 Å². The lowest BCUT2D eigenvalue weighted by Crippen LogP contribution is -2.40. The minimum absolute atomic E-state index is 0.0424. The predicted molar refractivity (Wildman–Crippen MR) is 122 cm³/mol. The Labute approximate surface area is 189 Å². The first kappa shape index (κ1) is 22.2. The topological polar surface area (TPSA) is 84.4 Å². The van der Waals surface area contributed by atoms with Gasteiger partial charge in [-0.15, -0.1) is 0 Å². The summed E-state index contributed by atoms with van der Waals surface area (Å²) in [5, 5.41) is 3.03. The van der Waals surface area contributed by atoms with E-state index >= 15 is 0 Å². The summed E-state index contributed by atoms with van der Waals surface area (Å²) in [4.78, 5) is 36.7. The molecule has 1 atom stereocenters. The highest BCUT2D eigenvalue weighted by molar-refractivity contribution is 5.80. The molecule has 2 fully saturated rings. The molecule has 1 aliphatic heterocycles. The van der Waals surface area contributed by atoms with Gasteiger partial charge in [-0.2, -0.15) is 0 Å². The Morgan fingerprint density at radius 2 is 1.81 bits per heavy atom.